The fraction of sp³-hybridized carbons (Fsp3) is 0.385. The number of nitrogens with zero attached hydrogens (tertiary/aromatic N) is 2. The summed E-state index contributed by atoms with van der Waals surface area (Å²) in [5.74, 6) is -2.24. The highest BCUT2D eigenvalue weighted by Crippen LogP contribution is 2.16. The Labute approximate surface area is 121 Å². The number of alkyl halides is 3. The van der Waals surface area contributed by atoms with Crippen molar-refractivity contribution >= 4 is 11.0 Å². The van der Waals surface area contributed by atoms with Crippen molar-refractivity contribution < 1.29 is 26.7 Å². The molecule has 0 fully saturated rings. The van der Waals surface area contributed by atoms with Gasteiger partial charge in [-0.1, -0.05) is 0 Å². The molecule has 2 aromatic rings. The van der Waals surface area contributed by atoms with E-state index < -0.39 is 30.0 Å². The molecule has 0 spiro atoms. The van der Waals surface area contributed by atoms with E-state index in [1.807, 2.05) is 0 Å². The van der Waals surface area contributed by atoms with Crippen LogP contribution in [-0.2, 0) is 11.3 Å². The summed E-state index contributed by atoms with van der Waals surface area (Å²) in [7, 11) is 0. The lowest BCUT2D eigenvalue weighted by molar-refractivity contribution is -0.174. The minimum absolute atomic E-state index is 0.000777. The highest BCUT2D eigenvalue weighted by atomic mass is 19.4. The fourth-order valence-corrected chi connectivity index (χ4v) is 1.90. The molecule has 0 atom stereocenters. The maximum Gasteiger partial charge on any atom is 0.411 e. The Bertz CT molecular complexity index is 727. The molecule has 9 heteroatoms. The van der Waals surface area contributed by atoms with Crippen LogP contribution in [0.2, 0.25) is 0 Å². The van der Waals surface area contributed by atoms with Crippen LogP contribution in [0, 0.1) is 11.6 Å². The summed E-state index contributed by atoms with van der Waals surface area (Å²) in [5, 5.41) is 0. The third-order valence-electron chi connectivity index (χ3n) is 2.82. The van der Waals surface area contributed by atoms with Gasteiger partial charge >= 0.3 is 6.18 Å². The minimum Gasteiger partial charge on any atom is -0.372 e. The van der Waals surface area contributed by atoms with Crippen molar-refractivity contribution in [1.29, 1.82) is 0 Å². The summed E-state index contributed by atoms with van der Waals surface area (Å²) >= 11 is 0. The van der Waals surface area contributed by atoms with Crippen LogP contribution in [0.1, 0.15) is 6.42 Å². The molecule has 1 aromatic carbocycles. The van der Waals surface area contributed by atoms with Crippen molar-refractivity contribution in [2.45, 2.75) is 19.1 Å². The van der Waals surface area contributed by atoms with E-state index in [1.54, 1.807) is 0 Å². The van der Waals surface area contributed by atoms with Crippen LogP contribution in [0.4, 0.5) is 22.0 Å². The van der Waals surface area contributed by atoms with Gasteiger partial charge in [0.05, 0.1) is 17.2 Å². The predicted molar refractivity (Wildman–Crippen MR) is 67.4 cm³/mol. The number of aryl methyl sites for hydroxylation is 1. The Hall–Kier alpha value is -2.03. The van der Waals surface area contributed by atoms with Crippen molar-refractivity contribution in [3.8, 4) is 0 Å². The SMILES string of the molecule is O=c1cnc2cc(F)c(F)cc2n1CCCOCC(F)(F)F. The molecule has 0 bridgehead atoms. The first-order valence-corrected chi connectivity index (χ1v) is 6.27. The number of hydrogen-bond donors (Lipinski definition) is 0. The average molecular weight is 322 g/mol. The molecule has 0 N–H and O–H groups in total. The first-order chi connectivity index (χ1) is 10.3. The summed E-state index contributed by atoms with van der Waals surface area (Å²) in [4.78, 5) is 15.4. The third kappa shape index (κ3) is 4.00. The van der Waals surface area contributed by atoms with Gasteiger partial charge in [-0.3, -0.25) is 4.79 Å². The van der Waals surface area contributed by atoms with E-state index in [1.165, 1.54) is 0 Å². The molecule has 22 heavy (non-hydrogen) atoms. The van der Waals surface area contributed by atoms with Crippen molar-refractivity contribution in [1.82, 2.24) is 9.55 Å². The van der Waals surface area contributed by atoms with Crippen molar-refractivity contribution in [3.63, 3.8) is 0 Å². The molecule has 0 aliphatic heterocycles. The van der Waals surface area contributed by atoms with Crippen LogP contribution in [0.5, 0.6) is 0 Å². The predicted octanol–water partition coefficient (Wildman–Crippen LogP) is 2.64. The largest absolute Gasteiger partial charge is 0.411 e. The van der Waals surface area contributed by atoms with E-state index in [9.17, 15) is 26.7 Å². The van der Waals surface area contributed by atoms with E-state index in [2.05, 4.69) is 9.72 Å². The molecule has 2 rings (SSSR count). The molecule has 0 saturated carbocycles. The zero-order valence-electron chi connectivity index (χ0n) is 11.2. The number of hydrogen-bond acceptors (Lipinski definition) is 3. The summed E-state index contributed by atoms with van der Waals surface area (Å²) in [6.45, 7) is -1.60. The Morgan fingerprint density at radius 3 is 2.55 bits per heavy atom. The lowest BCUT2D eigenvalue weighted by Gasteiger charge is -2.11. The van der Waals surface area contributed by atoms with Gasteiger partial charge in [-0.25, -0.2) is 13.8 Å². The van der Waals surface area contributed by atoms with E-state index in [-0.39, 0.29) is 30.6 Å². The quantitative estimate of drug-likeness (QED) is 0.628. The minimum atomic E-state index is -4.42. The van der Waals surface area contributed by atoms with Crippen molar-refractivity contribution in [2.75, 3.05) is 13.2 Å². The van der Waals surface area contributed by atoms with Crippen LogP contribution < -0.4 is 5.56 Å². The maximum atomic E-state index is 13.3. The number of halogens is 5. The topological polar surface area (TPSA) is 44.1 Å². The Morgan fingerprint density at radius 1 is 1.18 bits per heavy atom. The van der Waals surface area contributed by atoms with Crippen LogP contribution in [0.3, 0.4) is 0 Å². The van der Waals surface area contributed by atoms with Gasteiger partial charge in [0.25, 0.3) is 5.56 Å². The summed E-state index contributed by atoms with van der Waals surface area (Å²) in [5.41, 5.74) is -0.411. The molecule has 0 radical (unpaired) electrons. The van der Waals surface area contributed by atoms with Crippen molar-refractivity contribution in [2.24, 2.45) is 0 Å². The fourth-order valence-electron chi connectivity index (χ4n) is 1.90. The number of benzene rings is 1. The molecule has 4 nitrogen and oxygen atoms in total. The van der Waals surface area contributed by atoms with Crippen LogP contribution >= 0.6 is 0 Å². The highest BCUT2D eigenvalue weighted by Gasteiger charge is 2.27. The van der Waals surface area contributed by atoms with Gasteiger partial charge in [0.15, 0.2) is 11.6 Å². The Kier molecular flexibility index (Phi) is 4.74. The molecule has 120 valence electrons. The third-order valence-corrected chi connectivity index (χ3v) is 2.82. The summed E-state index contributed by atoms with van der Waals surface area (Å²) in [6.07, 6.45) is -3.37. The molecule has 0 aliphatic rings. The van der Waals surface area contributed by atoms with Crippen molar-refractivity contribution in [3.05, 3.63) is 40.3 Å². The zero-order chi connectivity index (χ0) is 16.3. The van der Waals surface area contributed by atoms with E-state index in [0.717, 1.165) is 22.9 Å². The van der Waals surface area contributed by atoms with E-state index >= 15 is 0 Å². The van der Waals surface area contributed by atoms with Crippen LogP contribution in [0.25, 0.3) is 11.0 Å². The smallest absolute Gasteiger partial charge is 0.372 e. The molecular formula is C13H11F5N2O2. The second kappa shape index (κ2) is 6.39. The highest BCUT2D eigenvalue weighted by molar-refractivity contribution is 5.74. The molecule has 0 amide bonds. The lowest BCUT2D eigenvalue weighted by Crippen LogP contribution is -2.22. The lowest BCUT2D eigenvalue weighted by atomic mass is 10.2. The van der Waals surface area contributed by atoms with E-state index in [4.69, 9.17) is 0 Å². The first-order valence-electron chi connectivity index (χ1n) is 6.27. The standard InChI is InChI=1S/C13H11F5N2O2/c14-8-4-10-11(5-9(8)15)20(12(21)6-19-10)2-1-3-22-7-13(16,17)18/h4-6H,1-3,7H2. The number of rotatable bonds is 5. The van der Waals surface area contributed by atoms with Gasteiger partial charge in [0.2, 0.25) is 0 Å². The number of ether oxygens (including phenoxy) is 1. The van der Waals surface area contributed by atoms with Gasteiger partial charge in [0.1, 0.15) is 6.61 Å². The second-order valence-corrected chi connectivity index (χ2v) is 4.52. The van der Waals surface area contributed by atoms with Crippen LogP contribution in [-0.4, -0.2) is 28.9 Å². The molecular weight excluding hydrogens is 311 g/mol. The molecule has 1 heterocycles. The number of aromatic nitrogens is 2. The van der Waals surface area contributed by atoms with E-state index in [0.29, 0.717) is 0 Å². The maximum absolute atomic E-state index is 13.3. The van der Waals surface area contributed by atoms with Gasteiger partial charge in [-0.15, -0.1) is 0 Å². The first kappa shape index (κ1) is 16.3. The monoisotopic (exact) mass is 322 g/mol. The zero-order valence-corrected chi connectivity index (χ0v) is 11.2. The Balaban J connectivity index is 2.12. The summed E-state index contributed by atoms with van der Waals surface area (Å²) < 4.78 is 67.6. The second-order valence-electron chi connectivity index (χ2n) is 4.52. The van der Waals surface area contributed by atoms with Gasteiger partial charge < -0.3 is 9.30 Å². The summed E-state index contributed by atoms with van der Waals surface area (Å²) in [6, 6.07) is 1.68. The molecule has 1 aromatic heterocycles. The molecule has 0 aliphatic carbocycles. The average Bonchev–Trinajstić information content (AvgIpc) is 2.41. The molecule has 0 saturated heterocycles. The van der Waals surface area contributed by atoms with Gasteiger partial charge in [-0.05, 0) is 6.42 Å². The normalized spacial score (nSPS) is 12.0. The van der Waals surface area contributed by atoms with Crippen LogP contribution in [0.15, 0.2) is 23.1 Å². The van der Waals surface area contributed by atoms with Gasteiger partial charge in [-0.2, -0.15) is 13.2 Å². The number of fused-ring (bicyclic) bond motifs is 1. The van der Waals surface area contributed by atoms with Gasteiger partial charge in [0, 0.05) is 25.3 Å². The Morgan fingerprint density at radius 2 is 1.86 bits per heavy atom. The molecule has 0 unspecified atom stereocenters.